The second-order valence-electron chi connectivity index (χ2n) is 4.88. The molecule has 1 heterocycles. The standard InChI is InChI=1S/C14H15F2N3/c1-2-19-13(17)12(18-14(19)8-3-4-8)9-5-10(15)7-11(16)6-9/h5-8H,2-4,17H2,1H3. The summed E-state index contributed by atoms with van der Waals surface area (Å²) >= 11 is 0. The van der Waals surface area contributed by atoms with Crippen molar-refractivity contribution in [2.24, 2.45) is 0 Å². The molecule has 5 heteroatoms. The van der Waals surface area contributed by atoms with Crippen LogP contribution in [0.5, 0.6) is 0 Å². The first-order chi connectivity index (χ1) is 9.10. The maximum Gasteiger partial charge on any atom is 0.131 e. The van der Waals surface area contributed by atoms with E-state index in [4.69, 9.17) is 5.73 Å². The van der Waals surface area contributed by atoms with Crippen LogP contribution in [0.1, 0.15) is 31.5 Å². The molecule has 0 radical (unpaired) electrons. The number of nitrogens with zero attached hydrogens (tertiary/aromatic N) is 2. The monoisotopic (exact) mass is 263 g/mol. The molecule has 0 bridgehead atoms. The summed E-state index contributed by atoms with van der Waals surface area (Å²) in [4.78, 5) is 4.50. The van der Waals surface area contributed by atoms with E-state index in [0.717, 1.165) is 24.7 Å². The van der Waals surface area contributed by atoms with Gasteiger partial charge < -0.3 is 10.3 Å². The molecule has 0 atom stereocenters. The molecule has 0 saturated heterocycles. The van der Waals surface area contributed by atoms with Crippen LogP contribution in [-0.2, 0) is 6.54 Å². The molecule has 1 fully saturated rings. The van der Waals surface area contributed by atoms with Crippen molar-refractivity contribution in [2.75, 3.05) is 5.73 Å². The number of anilines is 1. The number of rotatable bonds is 3. The summed E-state index contributed by atoms with van der Waals surface area (Å²) in [7, 11) is 0. The lowest BCUT2D eigenvalue weighted by atomic mass is 10.1. The van der Waals surface area contributed by atoms with Crippen molar-refractivity contribution in [3.63, 3.8) is 0 Å². The minimum Gasteiger partial charge on any atom is -0.383 e. The van der Waals surface area contributed by atoms with Crippen LogP contribution in [-0.4, -0.2) is 9.55 Å². The molecule has 1 aliphatic carbocycles. The fraction of sp³-hybridized carbons (Fsp3) is 0.357. The quantitative estimate of drug-likeness (QED) is 0.923. The zero-order valence-electron chi connectivity index (χ0n) is 10.7. The van der Waals surface area contributed by atoms with Crippen LogP contribution in [0, 0.1) is 11.6 Å². The van der Waals surface area contributed by atoms with Crippen LogP contribution in [0.4, 0.5) is 14.6 Å². The minimum absolute atomic E-state index is 0.393. The third-order valence-electron chi connectivity index (χ3n) is 3.43. The van der Waals surface area contributed by atoms with E-state index < -0.39 is 11.6 Å². The molecule has 3 rings (SSSR count). The number of nitrogens with two attached hydrogens (primary N) is 1. The highest BCUT2D eigenvalue weighted by atomic mass is 19.1. The number of hydrogen-bond donors (Lipinski definition) is 1. The third kappa shape index (κ3) is 2.09. The predicted molar refractivity (Wildman–Crippen MR) is 69.6 cm³/mol. The maximum absolute atomic E-state index is 13.3. The minimum atomic E-state index is -0.617. The first-order valence-corrected chi connectivity index (χ1v) is 6.42. The van der Waals surface area contributed by atoms with E-state index in [9.17, 15) is 8.78 Å². The van der Waals surface area contributed by atoms with E-state index in [0.29, 0.717) is 29.5 Å². The van der Waals surface area contributed by atoms with E-state index in [1.807, 2.05) is 11.5 Å². The van der Waals surface area contributed by atoms with Gasteiger partial charge in [-0.2, -0.15) is 0 Å². The third-order valence-corrected chi connectivity index (χ3v) is 3.43. The Morgan fingerprint density at radius 1 is 1.26 bits per heavy atom. The average molecular weight is 263 g/mol. The fourth-order valence-electron chi connectivity index (χ4n) is 2.37. The van der Waals surface area contributed by atoms with Gasteiger partial charge in [-0.05, 0) is 31.9 Å². The summed E-state index contributed by atoms with van der Waals surface area (Å²) in [6.07, 6.45) is 2.21. The first kappa shape index (κ1) is 12.1. The highest BCUT2D eigenvalue weighted by Crippen LogP contribution is 2.42. The van der Waals surface area contributed by atoms with E-state index in [-0.39, 0.29) is 0 Å². The number of imidazole rings is 1. The van der Waals surface area contributed by atoms with Crippen molar-refractivity contribution in [1.29, 1.82) is 0 Å². The lowest BCUT2D eigenvalue weighted by molar-refractivity contribution is 0.584. The zero-order valence-corrected chi connectivity index (χ0v) is 10.7. The lowest BCUT2D eigenvalue weighted by Gasteiger charge is -2.05. The van der Waals surface area contributed by atoms with Crippen LogP contribution in [0.2, 0.25) is 0 Å². The SMILES string of the molecule is CCn1c(C2CC2)nc(-c2cc(F)cc(F)c2)c1N. The second kappa shape index (κ2) is 4.33. The fourth-order valence-corrected chi connectivity index (χ4v) is 2.37. The smallest absolute Gasteiger partial charge is 0.131 e. The molecule has 0 spiro atoms. The Hall–Kier alpha value is -1.91. The maximum atomic E-state index is 13.3. The second-order valence-corrected chi connectivity index (χ2v) is 4.88. The molecule has 1 saturated carbocycles. The van der Waals surface area contributed by atoms with Gasteiger partial charge in [0.05, 0.1) is 0 Å². The van der Waals surface area contributed by atoms with E-state index in [2.05, 4.69) is 4.98 Å². The number of benzene rings is 1. The van der Waals surface area contributed by atoms with Crippen LogP contribution >= 0.6 is 0 Å². The van der Waals surface area contributed by atoms with Gasteiger partial charge in [0.25, 0.3) is 0 Å². The Kier molecular flexibility index (Phi) is 2.77. The normalized spacial score (nSPS) is 14.9. The molecule has 2 aromatic rings. The molecule has 3 nitrogen and oxygen atoms in total. The molecule has 0 unspecified atom stereocenters. The molecular formula is C14H15F2N3. The lowest BCUT2D eigenvalue weighted by Crippen LogP contribution is -2.04. The van der Waals surface area contributed by atoms with Gasteiger partial charge in [0.2, 0.25) is 0 Å². The van der Waals surface area contributed by atoms with Crippen molar-refractivity contribution >= 4 is 5.82 Å². The Morgan fingerprint density at radius 3 is 2.42 bits per heavy atom. The van der Waals surface area contributed by atoms with Crippen molar-refractivity contribution in [3.8, 4) is 11.3 Å². The number of nitrogen functional groups attached to an aromatic ring is 1. The van der Waals surface area contributed by atoms with Gasteiger partial charge in [0.1, 0.15) is 29.0 Å². The van der Waals surface area contributed by atoms with E-state index >= 15 is 0 Å². The summed E-state index contributed by atoms with van der Waals surface area (Å²) in [5, 5.41) is 0. The molecule has 19 heavy (non-hydrogen) atoms. The van der Waals surface area contributed by atoms with Crippen LogP contribution < -0.4 is 5.73 Å². The summed E-state index contributed by atoms with van der Waals surface area (Å²) in [6, 6.07) is 3.37. The van der Waals surface area contributed by atoms with Gasteiger partial charge in [-0.15, -0.1) is 0 Å². The van der Waals surface area contributed by atoms with Gasteiger partial charge in [0, 0.05) is 24.1 Å². The van der Waals surface area contributed by atoms with Crippen LogP contribution in [0.25, 0.3) is 11.3 Å². The van der Waals surface area contributed by atoms with Crippen molar-refractivity contribution < 1.29 is 8.78 Å². The molecule has 100 valence electrons. The Bertz CT molecular complexity index is 610. The van der Waals surface area contributed by atoms with Gasteiger partial charge in [-0.1, -0.05) is 0 Å². The van der Waals surface area contributed by atoms with Crippen molar-refractivity contribution in [2.45, 2.75) is 32.2 Å². The molecule has 0 amide bonds. The zero-order chi connectivity index (χ0) is 13.6. The largest absolute Gasteiger partial charge is 0.383 e. The Balaban J connectivity index is 2.14. The molecule has 0 aliphatic heterocycles. The van der Waals surface area contributed by atoms with Crippen LogP contribution in [0.3, 0.4) is 0 Å². The highest BCUT2D eigenvalue weighted by Gasteiger charge is 2.30. The summed E-state index contributed by atoms with van der Waals surface area (Å²) in [5.41, 5.74) is 6.93. The van der Waals surface area contributed by atoms with E-state index in [1.54, 1.807) is 0 Å². The molecule has 1 aromatic heterocycles. The Morgan fingerprint density at radius 2 is 1.89 bits per heavy atom. The number of aromatic nitrogens is 2. The summed E-state index contributed by atoms with van der Waals surface area (Å²) < 4.78 is 28.5. The van der Waals surface area contributed by atoms with Gasteiger partial charge in [0.15, 0.2) is 0 Å². The molecular weight excluding hydrogens is 248 g/mol. The predicted octanol–water partition coefficient (Wildman–Crippen LogP) is 3.31. The van der Waals surface area contributed by atoms with Crippen LogP contribution in [0.15, 0.2) is 18.2 Å². The molecule has 1 aliphatic rings. The van der Waals surface area contributed by atoms with Gasteiger partial charge in [-0.25, -0.2) is 13.8 Å². The number of halogens is 2. The Labute approximate surface area is 110 Å². The van der Waals surface area contributed by atoms with Gasteiger partial charge >= 0.3 is 0 Å². The van der Waals surface area contributed by atoms with Gasteiger partial charge in [-0.3, -0.25) is 0 Å². The topological polar surface area (TPSA) is 43.8 Å². The van der Waals surface area contributed by atoms with Crippen molar-refractivity contribution in [3.05, 3.63) is 35.7 Å². The van der Waals surface area contributed by atoms with E-state index in [1.165, 1.54) is 12.1 Å². The number of hydrogen-bond acceptors (Lipinski definition) is 2. The summed E-state index contributed by atoms with van der Waals surface area (Å²) in [6.45, 7) is 2.70. The van der Waals surface area contributed by atoms with Crippen molar-refractivity contribution in [1.82, 2.24) is 9.55 Å². The average Bonchev–Trinajstić information content (AvgIpc) is 3.12. The molecule has 2 N–H and O–H groups in total. The highest BCUT2D eigenvalue weighted by molar-refractivity contribution is 5.71. The molecule has 1 aromatic carbocycles. The summed E-state index contributed by atoms with van der Waals surface area (Å²) in [5.74, 6) is 0.616. The first-order valence-electron chi connectivity index (χ1n) is 6.42.